The van der Waals surface area contributed by atoms with Gasteiger partial charge in [-0.25, -0.2) is 14.8 Å². The number of carbonyl (C=O) groups is 1. The van der Waals surface area contributed by atoms with Gasteiger partial charge in [0.2, 0.25) is 0 Å². The normalized spacial score (nSPS) is 17.2. The first kappa shape index (κ1) is 26.9. The Morgan fingerprint density at radius 1 is 1.29 bits per heavy atom. The summed E-state index contributed by atoms with van der Waals surface area (Å²) in [5.74, 6) is 5.13. The van der Waals surface area contributed by atoms with Crippen LogP contribution < -0.4 is 11.1 Å². The fraction of sp³-hybridized carbons (Fsp3) is 0.360. The van der Waals surface area contributed by atoms with Crippen LogP contribution in [0.2, 0.25) is 0 Å². The molecule has 0 bridgehead atoms. The number of aromatic nitrogens is 5. The highest BCUT2D eigenvalue weighted by molar-refractivity contribution is 5.93. The molecule has 0 radical (unpaired) electrons. The Morgan fingerprint density at radius 2 is 2.03 bits per heavy atom. The topological polar surface area (TPSA) is 133 Å². The summed E-state index contributed by atoms with van der Waals surface area (Å²) in [5, 5.41) is 16.3. The van der Waals surface area contributed by atoms with Gasteiger partial charge in [0.1, 0.15) is 17.3 Å². The number of hydrogen-bond acceptors (Lipinski definition) is 7. The summed E-state index contributed by atoms with van der Waals surface area (Å²) in [6.45, 7) is 3.51. The van der Waals surface area contributed by atoms with Crippen molar-refractivity contribution in [3.8, 4) is 11.8 Å². The van der Waals surface area contributed by atoms with E-state index in [1.165, 1.54) is 0 Å². The molecule has 2 atom stereocenters. The van der Waals surface area contributed by atoms with Crippen molar-refractivity contribution in [2.45, 2.75) is 31.6 Å². The number of pyridine rings is 1. The Balaban J connectivity index is 0.000000426. The number of benzene rings is 1. The number of fused-ring (bicyclic) bond motifs is 2. The van der Waals surface area contributed by atoms with E-state index in [-0.39, 0.29) is 6.04 Å². The van der Waals surface area contributed by atoms with Crippen molar-refractivity contribution in [1.29, 1.82) is 0 Å². The van der Waals surface area contributed by atoms with Gasteiger partial charge in [-0.1, -0.05) is 5.92 Å². The molecular formula is C25H26F3N7O3. The first-order valence-electron chi connectivity index (χ1n) is 11.6. The van der Waals surface area contributed by atoms with Gasteiger partial charge < -0.3 is 25.5 Å². The minimum atomic E-state index is -5.08. The van der Waals surface area contributed by atoms with Gasteiger partial charge in [-0.3, -0.25) is 4.68 Å². The molecule has 4 heterocycles. The van der Waals surface area contributed by atoms with Crippen molar-refractivity contribution < 1.29 is 27.8 Å². The highest BCUT2D eigenvalue weighted by Gasteiger charge is 2.38. The van der Waals surface area contributed by atoms with Crippen LogP contribution in [0.5, 0.6) is 0 Å². The Kier molecular flexibility index (Phi) is 7.56. The summed E-state index contributed by atoms with van der Waals surface area (Å²) in [6.07, 6.45) is -2.42. The molecule has 1 aromatic carbocycles. The van der Waals surface area contributed by atoms with E-state index in [1.807, 2.05) is 42.9 Å². The molecule has 4 aromatic rings. The number of aryl methyl sites for hydroxylation is 2. The maximum Gasteiger partial charge on any atom is 0.490 e. The number of rotatable bonds is 3. The zero-order chi connectivity index (χ0) is 27.6. The molecule has 1 fully saturated rings. The third-order valence-electron chi connectivity index (χ3n) is 6.23. The van der Waals surface area contributed by atoms with E-state index in [1.54, 1.807) is 13.3 Å². The van der Waals surface area contributed by atoms with Crippen molar-refractivity contribution in [3.63, 3.8) is 0 Å². The molecule has 200 valence electrons. The smallest absolute Gasteiger partial charge is 0.475 e. The van der Waals surface area contributed by atoms with Gasteiger partial charge >= 0.3 is 12.1 Å². The molecule has 1 aliphatic heterocycles. The lowest BCUT2D eigenvalue weighted by Gasteiger charge is -2.11. The van der Waals surface area contributed by atoms with E-state index in [0.717, 1.165) is 46.3 Å². The summed E-state index contributed by atoms with van der Waals surface area (Å²) in [4.78, 5) is 17.8. The summed E-state index contributed by atoms with van der Waals surface area (Å²) in [6, 6.07) is 8.55. The van der Waals surface area contributed by atoms with E-state index in [2.05, 4.69) is 31.7 Å². The fourth-order valence-electron chi connectivity index (χ4n) is 4.32. The molecular weight excluding hydrogens is 503 g/mol. The number of imidazole rings is 1. The van der Waals surface area contributed by atoms with Gasteiger partial charge in [-0.15, -0.1) is 0 Å². The highest BCUT2D eigenvalue weighted by atomic mass is 19.4. The standard InChI is InChI=1S/C23H25N7O.C2HF3O2/c1-14-27-19-10-15(5-7-20(19)29(14)2)4-6-18-22-21(8-9-25-23(22)24)30(28-18)17-11-16(13-31-3)26-12-17;3-2(4,5)1(6)7/h5,7-10,16-17,26H,11-13H2,1-3H3,(H2,24,25);(H,6,7)/t16-,17+;/m1./s1. The zero-order valence-corrected chi connectivity index (χ0v) is 20.9. The van der Waals surface area contributed by atoms with Crippen LogP contribution in [0.25, 0.3) is 21.9 Å². The second kappa shape index (κ2) is 10.7. The fourth-order valence-corrected chi connectivity index (χ4v) is 4.32. The van der Waals surface area contributed by atoms with Gasteiger partial charge in [0, 0.05) is 38.5 Å². The molecule has 13 heteroatoms. The first-order valence-corrected chi connectivity index (χ1v) is 11.6. The van der Waals surface area contributed by atoms with Crippen molar-refractivity contribution in [2.75, 3.05) is 26.0 Å². The highest BCUT2D eigenvalue weighted by Crippen LogP contribution is 2.29. The molecule has 0 saturated carbocycles. The summed E-state index contributed by atoms with van der Waals surface area (Å²) in [7, 11) is 3.74. The molecule has 10 nitrogen and oxygen atoms in total. The number of nitrogen functional groups attached to an aromatic ring is 1. The number of ether oxygens (including phenoxy) is 1. The van der Waals surface area contributed by atoms with Crippen LogP contribution in [-0.2, 0) is 16.6 Å². The Labute approximate surface area is 215 Å². The van der Waals surface area contributed by atoms with Gasteiger partial charge in [0.25, 0.3) is 0 Å². The van der Waals surface area contributed by atoms with Gasteiger partial charge in [0.15, 0.2) is 0 Å². The van der Waals surface area contributed by atoms with Crippen LogP contribution in [-0.4, -0.2) is 67.9 Å². The molecule has 0 unspecified atom stereocenters. The minimum absolute atomic E-state index is 0.216. The Hall–Kier alpha value is -4.15. The molecule has 3 aromatic heterocycles. The maximum atomic E-state index is 10.6. The van der Waals surface area contributed by atoms with E-state index >= 15 is 0 Å². The summed E-state index contributed by atoms with van der Waals surface area (Å²) in [5.41, 5.74) is 10.7. The average Bonchev–Trinajstić information content (AvgIpc) is 3.54. The van der Waals surface area contributed by atoms with Crippen LogP contribution in [0.3, 0.4) is 0 Å². The first-order chi connectivity index (χ1) is 18.0. The second-order valence-electron chi connectivity index (χ2n) is 8.81. The molecule has 0 spiro atoms. The Morgan fingerprint density at radius 3 is 2.71 bits per heavy atom. The van der Waals surface area contributed by atoms with Gasteiger partial charge in [-0.2, -0.15) is 18.3 Å². The van der Waals surface area contributed by atoms with E-state index in [0.29, 0.717) is 24.2 Å². The van der Waals surface area contributed by atoms with Crippen LogP contribution in [0.4, 0.5) is 19.0 Å². The van der Waals surface area contributed by atoms with Crippen molar-refractivity contribution in [2.24, 2.45) is 7.05 Å². The number of nitrogens with two attached hydrogens (primary N) is 1. The summed E-state index contributed by atoms with van der Waals surface area (Å²) < 4.78 is 41.1. The van der Waals surface area contributed by atoms with E-state index in [4.69, 9.17) is 25.5 Å². The van der Waals surface area contributed by atoms with Crippen LogP contribution in [0, 0.1) is 18.8 Å². The number of nitrogens with zero attached hydrogens (tertiary/aromatic N) is 5. The molecule has 1 saturated heterocycles. The van der Waals surface area contributed by atoms with Crippen LogP contribution >= 0.6 is 0 Å². The molecule has 0 aliphatic carbocycles. The third kappa shape index (κ3) is 5.56. The SMILES string of the molecule is COC[C@H]1C[C@H](n2nc(C#Cc3ccc4c(c3)nc(C)n4C)c3c(N)nccc32)CN1.O=C(O)C(F)(F)F. The van der Waals surface area contributed by atoms with Crippen molar-refractivity contribution in [3.05, 3.63) is 47.5 Å². The lowest BCUT2D eigenvalue weighted by molar-refractivity contribution is -0.192. The largest absolute Gasteiger partial charge is 0.490 e. The predicted octanol–water partition coefficient (Wildman–Crippen LogP) is 2.79. The minimum Gasteiger partial charge on any atom is -0.475 e. The molecule has 4 N–H and O–H groups in total. The monoisotopic (exact) mass is 529 g/mol. The van der Waals surface area contributed by atoms with Gasteiger partial charge in [-0.05, 0) is 43.5 Å². The van der Waals surface area contributed by atoms with Crippen molar-refractivity contribution in [1.82, 2.24) is 29.6 Å². The number of carboxylic acid groups (broad SMARTS) is 1. The summed E-state index contributed by atoms with van der Waals surface area (Å²) >= 11 is 0. The van der Waals surface area contributed by atoms with Crippen LogP contribution in [0.1, 0.15) is 29.5 Å². The third-order valence-corrected chi connectivity index (χ3v) is 6.23. The lowest BCUT2D eigenvalue weighted by Crippen LogP contribution is -2.25. The average molecular weight is 530 g/mol. The number of nitrogens with one attached hydrogen (secondary N) is 1. The number of aliphatic carboxylic acids is 1. The lowest BCUT2D eigenvalue weighted by atomic mass is 10.1. The zero-order valence-electron chi connectivity index (χ0n) is 20.9. The number of alkyl halides is 3. The number of anilines is 1. The van der Waals surface area contributed by atoms with Crippen LogP contribution in [0.15, 0.2) is 30.5 Å². The maximum absolute atomic E-state index is 10.6. The second-order valence-corrected chi connectivity index (χ2v) is 8.81. The predicted molar refractivity (Wildman–Crippen MR) is 134 cm³/mol. The molecule has 5 rings (SSSR count). The quantitative estimate of drug-likeness (QED) is 0.345. The van der Waals surface area contributed by atoms with E-state index in [9.17, 15) is 13.2 Å². The molecule has 1 aliphatic rings. The van der Waals surface area contributed by atoms with Crippen molar-refractivity contribution >= 4 is 33.7 Å². The number of carboxylic acids is 1. The Bertz CT molecular complexity index is 1550. The number of hydrogen-bond donors (Lipinski definition) is 3. The number of halogens is 3. The molecule has 0 amide bonds. The molecule has 38 heavy (non-hydrogen) atoms. The van der Waals surface area contributed by atoms with E-state index < -0.39 is 12.1 Å². The number of methoxy groups -OCH3 is 1. The van der Waals surface area contributed by atoms with Gasteiger partial charge in [0.05, 0.1) is 34.6 Å².